The van der Waals surface area contributed by atoms with Gasteiger partial charge < -0.3 is 0 Å². The second-order valence-corrected chi connectivity index (χ2v) is 6.11. The van der Waals surface area contributed by atoms with Crippen molar-refractivity contribution >= 4 is 21.4 Å². The molecule has 0 saturated carbocycles. The maximum absolute atomic E-state index is 11.9. The van der Waals surface area contributed by atoms with E-state index >= 15 is 0 Å². The summed E-state index contributed by atoms with van der Waals surface area (Å²) in [6, 6.07) is 0. The van der Waals surface area contributed by atoms with E-state index in [0.717, 1.165) is 30.6 Å². The predicted octanol–water partition coefficient (Wildman–Crippen LogP) is 0.713. The van der Waals surface area contributed by atoms with E-state index in [2.05, 4.69) is 10.2 Å². The van der Waals surface area contributed by atoms with Crippen LogP contribution in [0.25, 0.3) is 0 Å². The molecule has 1 aromatic heterocycles. The second-order valence-electron chi connectivity index (χ2n) is 3.17. The zero-order valence-corrected chi connectivity index (χ0v) is 9.22. The van der Waals surface area contributed by atoms with Gasteiger partial charge in [0.15, 0.2) is 0 Å². The molecule has 2 rings (SSSR count). The van der Waals surface area contributed by atoms with Crippen LogP contribution < -0.4 is 0 Å². The molecule has 5 nitrogen and oxygen atoms in total. The molecule has 14 heavy (non-hydrogen) atoms. The monoisotopic (exact) mass is 233 g/mol. The number of piperidine rings is 1. The number of rotatable bonds is 2. The molecule has 0 bridgehead atoms. The molecule has 1 fully saturated rings. The smallest absolute Gasteiger partial charge is 0.204 e. The molecule has 2 heterocycles. The second kappa shape index (κ2) is 3.92. The first-order valence-electron chi connectivity index (χ1n) is 4.47. The molecular formula is C7H11N3O2S2. The van der Waals surface area contributed by atoms with Gasteiger partial charge in [-0.25, -0.2) is 8.42 Å². The van der Waals surface area contributed by atoms with E-state index in [0.29, 0.717) is 13.1 Å². The molecule has 0 spiro atoms. The molecule has 0 unspecified atom stereocenters. The number of hydrogen-bond acceptors (Lipinski definition) is 5. The van der Waals surface area contributed by atoms with E-state index in [-0.39, 0.29) is 4.34 Å². The third-order valence-electron chi connectivity index (χ3n) is 2.22. The van der Waals surface area contributed by atoms with Crippen LogP contribution in [-0.4, -0.2) is 36.0 Å². The highest BCUT2D eigenvalue weighted by Crippen LogP contribution is 2.20. The first-order chi connectivity index (χ1) is 6.71. The van der Waals surface area contributed by atoms with Crippen molar-refractivity contribution in [2.45, 2.75) is 23.6 Å². The van der Waals surface area contributed by atoms with Gasteiger partial charge in [-0.05, 0) is 12.8 Å². The fraction of sp³-hybridized carbons (Fsp3) is 0.714. The van der Waals surface area contributed by atoms with Crippen LogP contribution in [-0.2, 0) is 10.0 Å². The number of nitrogens with zero attached hydrogens (tertiary/aromatic N) is 3. The average Bonchev–Trinajstić information content (AvgIpc) is 2.72. The summed E-state index contributed by atoms with van der Waals surface area (Å²) in [5.41, 5.74) is 1.44. The summed E-state index contributed by atoms with van der Waals surface area (Å²) in [5, 5.41) is 7.15. The Hall–Kier alpha value is -0.530. The molecule has 1 aliphatic rings. The van der Waals surface area contributed by atoms with Gasteiger partial charge in [-0.2, -0.15) is 4.31 Å². The Bertz CT molecular complexity index is 381. The Balaban J connectivity index is 2.23. The van der Waals surface area contributed by atoms with E-state index in [1.54, 1.807) is 0 Å². The SMILES string of the molecule is O=S(=O)(c1nncs1)N1CCCCC1. The van der Waals surface area contributed by atoms with Crippen LogP contribution in [0.1, 0.15) is 19.3 Å². The van der Waals surface area contributed by atoms with Crippen LogP contribution in [0, 0.1) is 0 Å². The van der Waals surface area contributed by atoms with Gasteiger partial charge in [0.05, 0.1) is 0 Å². The van der Waals surface area contributed by atoms with E-state index in [1.165, 1.54) is 9.82 Å². The highest BCUT2D eigenvalue weighted by molar-refractivity contribution is 7.91. The minimum absolute atomic E-state index is 0.111. The summed E-state index contributed by atoms with van der Waals surface area (Å²) in [6.45, 7) is 1.23. The largest absolute Gasteiger partial charge is 0.272 e. The standard InChI is InChI=1S/C7H11N3O2S2/c11-14(12,7-9-8-6-13-7)10-4-2-1-3-5-10/h6H,1-5H2. The summed E-state index contributed by atoms with van der Waals surface area (Å²) in [6.07, 6.45) is 3.00. The van der Waals surface area contributed by atoms with Crippen LogP contribution in [0.4, 0.5) is 0 Å². The van der Waals surface area contributed by atoms with Gasteiger partial charge in [-0.3, -0.25) is 0 Å². The highest BCUT2D eigenvalue weighted by Gasteiger charge is 2.28. The molecule has 7 heteroatoms. The quantitative estimate of drug-likeness (QED) is 0.755. The van der Waals surface area contributed by atoms with E-state index in [9.17, 15) is 8.42 Å². The van der Waals surface area contributed by atoms with Crippen LogP contribution in [0.15, 0.2) is 9.85 Å². The summed E-state index contributed by atoms with van der Waals surface area (Å²) < 4.78 is 25.4. The summed E-state index contributed by atoms with van der Waals surface area (Å²) in [5.74, 6) is 0. The normalized spacial score (nSPS) is 19.7. The van der Waals surface area contributed by atoms with Crippen molar-refractivity contribution in [2.24, 2.45) is 0 Å². The molecule has 0 atom stereocenters. The molecule has 0 aromatic carbocycles. The molecule has 0 aliphatic carbocycles. The van der Waals surface area contributed by atoms with Crippen LogP contribution in [0.2, 0.25) is 0 Å². The molecule has 78 valence electrons. The Kier molecular flexibility index (Phi) is 2.80. The lowest BCUT2D eigenvalue weighted by Gasteiger charge is -2.24. The first-order valence-corrected chi connectivity index (χ1v) is 6.79. The fourth-order valence-corrected chi connectivity index (χ4v) is 3.81. The lowest BCUT2D eigenvalue weighted by molar-refractivity contribution is 0.346. The van der Waals surface area contributed by atoms with E-state index in [1.807, 2.05) is 0 Å². The van der Waals surface area contributed by atoms with Gasteiger partial charge >= 0.3 is 0 Å². The third kappa shape index (κ3) is 1.79. The van der Waals surface area contributed by atoms with Crippen LogP contribution in [0.5, 0.6) is 0 Å². The molecule has 0 N–H and O–H groups in total. The Morgan fingerprint density at radius 3 is 2.57 bits per heavy atom. The van der Waals surface area contributed by atoms with Gasteiger partial charge in [0, 0.05) is 13.1 Å². The maximum atomic E-state index is 11.9. The van der Waals surface area contributed by atoms with Crippen molar-refractivity contribution in [1.82, 2.24) is 14.5 Å². The van der Waals surface area contributed by atoms with E-state index < -0.39 is 10.0 Å². The molecular weight excluding hydrogens is 222 g/mol. The maximum Gasteiger partial charge on any atom is 0.272 e. The lowest BCUT2D eigenvalue weighted by Crippen LogP contribution is -2.35. The van der Waals surface area contributed by atoms with Crippen LogP contribution >= 0.6 is 11.3 Å². The highest BCUT2D eigenvalue weighted by atomic mass is 32.2. The summed E-state index contributed by atoms with van der Waals surface area (Å²) in [4.78, 5) is 0. The van der Waals surface area contributed by atoms with Gasteiger partial charge in [-0.1, -0.05) is 17.8 Å². The first kappa shape index (κ1) is 10.0. The van der Waals surface area contributed by atoms with Crippen molar-refractivity contribution in [3.63, 3.8) is 0 Å². The van der Waals surface area contributed by atoms with Gasteiger partial charge in [0.2, 0.25) is 4.34 Å². The van der Waals surface area contributed by atoms with E-state index in [4.69, 9.17) is 0 Å². The van der Waals surface area contributed by atoms with Crippen molar-refractivity contribution < 1.29 is 8.42 Å². The molecule has 1 aromatic rings. The van der Waals surface area contributed by atoms with Gasteiger partial charge in [-0.15, -0.1) is 10.2 Å². The minimum atomic E-state index is -3.34. The molecule has 1 aliphatic heterocycles. The van der Waals surface area contributed by atoms with Crippen LogP contribution in [0.3, 0.4) is 0 Å². The van der Waals surface area contributed by atoms with Gasteiger partial charge in [0.25, 0.3) is 10.0 Å². The Labute approximate surface area is 86.8 Å². The summed E-state index contributed by atoms with van der Waals surface area (Å²) >= 11 is 1.07. The number of hydrogen-bond donors (Lipinski definition) is 0. The van der Waals surface area contributed by atoms with Crippen molar-refractivity contribution in [2.75, 3.05) is 13.1 Å². The molecule has 1 saturated heterocycles. The topological polar surface area (TPSA) is 63.2 Å². The van der Waals surface area contributed by atoms with Crippen molar-refractivity contribution in [3.8, 4) is 0 Å². The zero-order chi connectivity index (χ0) is 10.0. The fourth-order valence-electron chi connectivity index (χ4n) is 1.49. The Morgan fingerprint density at radius 2 is 2.00 bits per heavy atom. The Morgan fingerprint density at radius 1 is 1.29 bits per heavy atom. The van der Waals surface area contributed by atoms with Crippen molar-refractivity contribution in [1.29, 1.82) is 0 Å². The minimum Gasteiger partial charge on any atom is -0.204 e. The zero-order valence-electron chi connectivity index (χ0n) is 7.59. The number of sulfonamides is 1. The van der Waals surface area contributed by atoms with Crippen molar-refractivity contribution in [3.05, 3.63) is 5.51 Å². The molecule has 0 amide bonds. The summed E-state index contributed by atoms with van der Waals surface area (Å²) in [7, 11) is -3.34. The number of aromatic nitrogens is 2. The predicted molar refractivity (Wildman–Crippen MR) is 52.5 cm³/mol. The lowest BCUT2D eigenvalue weighted by atomic mass is 10.2. The third-order valence-corrected chi connectivity index (χ3v) is 5.19. The molecule has 0 radical (unpaired) electrons. The average molecular weight is 233 g/mol. The van der Waals surface area contributed by atoms with Gasteiger partial charge in [0.1, 0.15) is 5.51 Å².